The number of nitrogens with zero attached hydrogens (tertiary/aromatic N) is 4. The maximum Gasteiger partial charge on any atom is 0.317 e. The van der Waals surface area contributed by atoms with E-state index in [-0.39, 0.29) is 12.1 Å². The molecule has 0 aliphatic carbocycles. The minimum absolute atomic E-state index is 0.00369. The van der Waals surface area contributed by atoms with Crippen molar-refractivity contribution in [2.24, 2.45) is 0 Å². The SMILES string of the molecule is O=C(NCc1cccs1)N1CCC(n2ccnn2)C1. The van der Waals surface area contributed by atoms with Crippen molar-refractivity contribution < 1.29 is 4.79 Å². The summed E-state index contributed by atoms with van der Waals surface area (Å²) in [4.78, 5) is 15.0. The van der Waals surface area contributed by atoms with Crippen molar-refractivity contribution in [2.45, 2.75) is 19.0 Å². The molecule has 0 saturated carbocycles. The minimum atomic E-state index is -0.00369. The van der Waals surface area contributed by atoms with Crippen molar-refractivity contribution >= 4 is 17.4 Å². The molecule has 6 nitrogen and oxygen atoms in total. The lowest BCUT2D eigenvalue weighted by Crippen LogP contribution is -2.38. The highest BCUT2D eigenvalue weighted by Gasteiger charge is 2.27. The predicted molar refractivity (Wildman–Crippen MR) is 71.8 cm³/mol. The number of hydrogen-bond donors (Lipinski definition) is 1. The molecule has 1 aliphatic rings. The molecule has 7 heteroatoms. The molecule has 3 heterocycles. The first kappa shape index (κ1) is 12.2. The van der Waals surface area contributed by atoms with Gasteiger partial charge in [0.2, 0.25) is 0 Å². The number of carbonyl (C=O) groups excluding carboxylic acids is 1. The van der Waals surface area contributed by atoms with Crippen molar-refractivity contribution in [1.29, 1.82) is 0 Å². The molecule has 1 N–H and O–H groups in total. The Morgan fingerprint density at radius 3 is 3.26 bits per heavy atom. The molecule has 1 fully saturated rings. The summed E-state index contributed by atoms with van der Waals surface area (Å²) >= 11 is 1.65. The van der Waals surface area contributed by atoms with Crippen molar-refractivity contribution in [1.82, 2.24) is 25.2 Å². The van der Waals surface area contributed by atoms with E-state index < -0.39 is 0 Å². The van der Waals surface area contributed by atoms with E-state index in [9.17, 15) is 4.79 Å². The van der Waals surface area contributed by atoms with Gasteiger partial charge in [0.1, 0.15) is 0 Å². The Kier molecular flexibility index (Phi) is 3.45. The van der Waals surface area contributed by atoms with Gasteiger partial charge < -0.3 is 10.2 Å². The number of carbonyl (C=O) groups is 1. The van der Waals surface area contributed by atoms with Gasteiger partial charge in [-0.3, -0.25) is 0 Å². The lowest BCUT2D eigenvalue weighted by Gasteiger charge is -2.17. The fourth-order valence-corrected chi connectivity index (χ4v) is 2.89. The summed E-state index contributed by atoms with van der Waals surface area (Å²) in [7, 11) is 0. The first-order valence-electron chi connectivity index (χ1n) is 6.24. The number of aromatic nitrogens is 3. The van der Waals surface area contributed by atoms with Crippen LogP contribution in [0.25, 0.3) is 0 Å². The lowest BCUT2D eigenvalue weighted by molar-refractivity contribution is 0.206. The monoisotopic (exact) mass is 277 g/mol. The van der Waals surface area contributed by atoms with Gasteiger partial charge in [-0.2, -0.15) is 0 Å². The summed E-state index contributed by atoms with van der Waals surface area (Å²) in [5.41, 5.74) is 0. The maximum absolute atomic E-state index is 12.0. The van der Waals surface area contributed by atoms with Gasteiger partial charge in [0.15, 0.2) is 0 Å². The molecule has 2 aromatic rings. The van der Waals surface area contributed by atoms with Crippen LogP contribution in [-0.2, 0) is 6.54 Å². The van der Waals surface area contributed by atoms with Gasteiger partial charge in [-0.15, -0.1) is 16.4 Å². The number of rotatable bonds is 3. The number of thiophene rings is 1. The second-order valence-electron chi connectivity index (χ2n) is 4.51. The quantitative estimate of drug-likeness (QED) is 0.924. The molecule has 1 unspecified atom stereocenters. The second kappa shape index (κ2) is 5.40. The molecule has 1 aliphatic heterocycles. The van der Waals surface area contributed by atoms with E-state index in [0.717, 1.165) is 13.0 Å². The Balaban J connectivity index is 1.51. The van der Waals surface area contributed by atoms with E-state index in [4.69, 9.17) is 0 Å². The van der Waals surface area contributed by atoms with Crippen LogP contribution in [0.15, 0.2) is 29.9 Å². The second-order valence-corrected chi connectivity index (χ2v) is 5.54. The maximum atomic E-state index is 12.0. The van der Waals surface area contributed by atoms with Crippen molar-refractivity contribution in [3.63, 3.8) is 0 Å². The number of amides is 2. The van der Waals surface area contributed by atoms with E-state index in [0.29, 0.717) is 13.1 Å². The third-order valence-electron chi connectivity index (χ3n) is 3.26. The first-order valence-corrected chi connectivity index (χ1v) is 7.12. The molecule has 100 valence electrons. The summed E-state index contributed by atoms with van der Waals surface area (Å²) in [5.74, 6) is 0. The summed E-state index contributed by atoms with van der Waals surface area (Å²) in [6.07, 6.45) is 4.44. The fourth-order valence-electron chi connectivity index (χ4n) is 2.24. The molecule has 3 rings (SSSR count). The average molecular weight is 277 g/mol. The first-order chi connectivity index (χ1) is 9.33. The normalized spacial score (nSPS) is 18.7. The van der Waals surface area contributed by atoms with Crippen LogP contribution >= 0.6 is 11.3 Å². The van der Waals surface area contributed by atoms with Crippen LogP contribution in [0.2, 0.25) is 0 Å². The van der Waals surface area contributed by atoms with Crippen LogP contribution in [0, 0.1) is 0 Å². The zero-order chi connectivity index (χ0) is 13.1. The smallest absolute Gasteiger partial charge is 0.317 e. The molecule has 1 saturated heterocycles. The number of nitrogens with one attached hydrogen (secondary N) is 1. The highest BCUT2D eigenvalue weighted by molar-refractivity contribution is 7.09. The molecule has 0 spiro atoms. The third-order valence-corrected chi connectivity index (χ3v) is 4.14. The zero-order valence-electron chi connectivity index (χ0n) is 10.4. The van der Waals surface area contributed by atoms with Crippen LogP contribution in [0.5, 0.6) is 0 Å². The molecule has 19 heavy (non-hydrogen) atoms. The summed E-state index contributed by atoms with van der Waals surface area (Å²) < 4.78 is 1.83. The van der Waals surface area contributed by atoms with E-state index in [1.807, 2.05) is 33.3 Å². The summed E-state index contributed by atoms with van der Waals surface area (Å²) in [6.45, 7) is 2.06. The number of hydrogen-bond acceptors (Lipinski definition) is 4. The molecular formula is C12H15N5OS. The summed E-state index contributed by atoms with van der Waals surface area (Å²) in [5, 5.41) is 12.7. The van der Waals surface area contributed by atoms with Gasteiger partial charge >= 0.3 is 6.03 Å². The van der Waals surface area contributed by atoms with Crippen LogP contribution in [0.3, 0.4) is 0 Å². The largest absolute Gasteiger partial charge is 0.333 e. The standard InChI is InChI=1S/C12H15N5OS/c18-12(13-8-11-2-1-7-19-11)16-5-3-10(9-16)17-6-4-14-15-17/h1-2,4,6-7,10H,3,5,8-9H2,(H,13,18). The van der Waals surface area contributed by atoms with Gasteiger partial charge in [-0.1, -0.05) is 11.3 Å². The number of urea groups is 1. The minimum Gasteiger partial charge on any atom is -0.333 e. The lowest BCUT2D eigenvalue weighted by atomic mass is 10.3. The average Bonchev–Trinajstić information content (AvgIpc) is 3.14. The highest BCUT2D eigenvalue weighted by atomic mass is 32.1. The van der Waals surface area contributed by atoms with Gasteiger partial charge in [-0.05, 0) is 17.9 Å². The van der Waals surface area contributed by atoms with E-state index in [1.54, 1.807) is 17.5 Å². The van der Waals surface area contributed by atoms with Crippen LogP contribution in [0.4, 0.5) is 4.79 Å². The van der Waals surface area contributed by atoms with Gasteiger partial charge in [0.25, 0.3) is 0 Å². The topological polar surface area (TPSA) is 63.1 Å². The molecular weight excluding hydrogens is 262 g/mol. The van der Waals surface area contributed by atoms with Crippen molar-refractivity contribution in [2.75, 3.05) is 13.1 Å². The van der Waals surface area contributed by atoms with E-state index >= 15 is 0 Å². The molecule has 2 amide bonds. The Morgan fingerprint density at radius 2 is 2.53 bits per heavy atom. The van der Waals surface area contributed by atoms with Gasteiger partial charge in [-0.25, -0.2) is 9.48 Å². The highest BCUT2D eigenvalue weighted by Crippen LogP contribution is 2.20. The predicted octanol–water partition coefficient (Wildman–Crippen LogP) is 1.50. The van der Waals surface area contributed by atoms with E-state index in [2.05, 4.69) is 15.6 Å². The van der Waals surface area contributed by atoms with E-state index in [1.165, 1.54) is 4.88 Å². The third kappa shape index (κ3) is 2.76. The van der Waals surface area contributed by atoms with Gasteiger partial charge in [0, 0.05) is 24.2 Å². The van der Waals surface area contributed by atoms with Crippen LogP contribution < -0.4 is 5.32 Å². The Labute approximate surface area is 115 Å². The molecule has 0 radical (unpaired) electrons. The molecule has 2 aromatic heterocycles. The molecule has 0 bridgehead atoms. The fraction of sp³-hybridized carbons (Fsp3) is 0.417. The molecule has 0 aromatic carbocycles. The van der Waals surface area contributed by atoms with Crippen molar-refractivity contribution in [3.8, 4) is 0 Å². The van der Waals surface area contributed by atoms with Crippen LogP contribution in [0.1, 0.15) is 17.3 Å². The Bertz CT molecular complexity index is 524. The molecule has 1 atom stereocenters. The van der Waals surface area contributed by atoms with Crippen molar-refractivity contribution in [3.05, 3.63) is 34.8 Å². The van der Waals surface area contributed by atoms with Crippen LogP contribution in [-0.4, -0.2) is 39.0 Å². The van der Waals surface area contributed by atoms with Gasteiger partial charge in [0.05, 0.1) is 18.8 Å². The number of likely N-dealkylation sites (tertiary alicyclic amines) is 1. The Morgan fingerprint density at radius 1 is 1.58 bits per heavy atom. The zero-order valence-corrected chi connectivity index (χ0v) is 11.2. The Hall–Kier alpha value is -1.89. The summed E-state index contributed by atoms with van der Waals surface area (Å²) in [6, 6.07) is 4.25.